The van der Waals surface area contributed by atoms with E-state index in [1.807, 2.05) is 0 Å². The van der Waals surface area contributed by atoms with Crippen LogP contribution in [0.3, 0.4) is 0 Å². The Hall–Kier alpha value is -2.83. The van der Waals surface area contributed by atoms with Gasteiger partial charge >= 0.3 is 0 Å². The summed E-state index contributed by atoms with van der Waals surface area (Å²) in [5.41, 5.74) is 1.72. The molecule has 0 aliphatic rings. The molecule has 0 bridgehead atoms. The van der Waals surface area contributed by atoms with E-state index in [2.05, 4.69) is 20.3 Å². The van der Waals surface area contributed by atoms with Crippen LogP contribution in [0.5, 0.6) is 0 Å². The molecule has 0 fully saturated rings. The van der Waals surface area contributed by atoms with Crippen LogP contribution in [0.4, 0.5) is 4.39 Å². The van der Waals surface area contributed by atoms with Crippen molar-refractivity contribution in [2.75, 3.05) is 0 Å². The van der Waals surface area contributed by atoms with Gasteiger partial charge in [0.15, 0.2) is 17.1 Å². The van der Waals surface area contributed by atoms with Crippen molar-refractivity contribution in [3.05, 3.63) is 42.6 Å². The first-order chi connectivity index (χ1) is 9.75. The molecule has 0 radical (unpaired) electrons. The highest BCUT2D eigenvalue weighted by molar-refractivity contribution is 5.89. The van der Waals surface area contributed by atoms with Crippen molar-refractivity contribution >= 4 is 16.7 Å². The fraction of sp³-hybridized carbons (Fsp3) is 0.0769. The van der Waals surface area contributed by atoms with Gasteiger partial charge in [0, 0.05) is 7.05 Å². The SMILES string of the molecule is Cn1ncc2c1ncn1c(-c3ccccc3F)nnc21. The maximum Gasteiger partial charge on any atom is 0.175 e. The second kappa shape index (κ2) is 3.83. The molecule has 20 heavy (non-hydrogen) atoms. The van der Waals surface area contributed by atoms with Gasteiger partial charge in [-0.2, -0.15) is 5.10 Å². The molecule has 0 N–H and O–H groups in total. The highest BCUT2D eigenvalue weighted by atomic mass is 19.1. The van der Waals surface area contributed by atoms with Gasteiger partial charge in [0.25, 0.3) is 0 Å². The van der Waals surface area contributed by atoms with Crippen molar-refractivity contribution in [2.24, 2.45) is 7.05 Å². The number of hydrogen-bond acceptors (Lipinski definition) is 4. The molecule has 0 aliphatic heterocycles. The van der Waals surface area contributed by atoms with Crippen molar-refractivity contribution in [1.29, 1.82) is 0 Å². The van der Waals surface area contributed by atoms with Gasteiger partial charge in [0.1, 0.15) is 12.1 Å². The Morgan fingerprint density at radius 3 is 2.80 bits per heavy atom. The summed E-state index contributed by atoms with van der Waals surface area (Å²) in [6, 6.07) is 6.46. The zero-order valence-electron chi connectivity index (χ0n) is 10.5. The Kier molecular flexibility index (Phi) is 2.11. The highest BCUT2D eigenvalue weighted by Crippen LogP contribution is 2.23. The largest absolute Gasteiger partial charge is 0.264 e. The predicted molar refractivity (Wildman–Crippen MR) is 70.4 cm³/mol. The molecule has 0 saturated carbocycles. The summed E-state index contributed by atoms with van der Waals surface area (Å²) in [5, 5.41) is 13.1. The fourth-order valence-electron chi connectivity index (χ4n) is 2.26. The lowest BCUT2D eigenvalue weighted by atomic mass is 10.2. The summed E-state index contributed by atoms with van der Waals surface area (Å²) >= 11 is 0. The molecule has 3 aromatic heterocycles. The van der Waals surface area contributed by atoms with Crippen LogP contribution < -0.4 is 0 Å². The Morgan fingerprint density at radius 2 is 1.95 bits per heavy atom. The maximum atomic E-state index is 13.9. The van der Waals surface area contributed by atoms with E-state index in [1.54, 1.807) is 46.9 Å². The zero-order valence-corrected chi connectivity index (χ0v) is 10.5. The molecule has 1 aromatic carbocycles. The van der Waals surface area contributed by atoms with E-state index < -0.39 is 0 Å². The minimum absolute atomic E-state index is 0.340. The minimum Gasteiger partial charge on any atom is -0.264 e. The van der Waals surface area contributed by atoms with Gasteiger partial charge in [-0.25, -0.2) is 9.37 Å². The first-order valence-corrected chi connectivity index (χ1v) is 6.02. The number of rotatable bonds is 1. The quantitative estimate of drug-likeness (QED) is 0.528. The smallest absolute Gasteiger partial charge is 0.175 e. The van der Waals surface area contributed by atoms with Gasteiger partial charge in [0.05, 0.1) is 17.1 Å². The van der Waals surface area contributed by atoms with Crippen LogP contribution in [0, 0.1) is 5.82 Å². The van der Waals surface area contributed by atoms with Crippen LogP contribution in [-0.2, 0) is 7.05 Å². The van der Waals surface area contributed by atoms with E-state index in [0.717, 1.165) is 5.39 Å². The van der Waals surface area contributed by atoms with E-state index in [1.165, 1.54) is 6.07 Å². The Labute approximate surface area is 112 Å². The Balaban J connectivity index is 2.08. The standard InChI is InChI=1S/C13H9FN6/c1-19-11-9(6-16-19)13-18-17-12(20(13)7-15-11)8-4-2-3-5-10(8)14/h2-7H,1H3. The minimum atomic E-state index is -0.340. The van der Waals surface area contributed by atoms with Gasteiger partial charge in [-0.05, 0) is 12.1 Å². The monoisotopic (exact) mass is 268 g/mol. The first kappa shape index (κ1) is 11.0. The van der Waals surface area contributed by atoms with Gasteiger partial charge in [-0.3, -0.25) is 9.08 Å². The van der Waals surface area contributed by atoms with Crippen molar-refractivity contribution in [3.63, 3.8) is 0 Å². The maximum absolute atomic E-state index is 13.9. The van der Waals surface area contributed by atoms with E-state index in [-0.39, 0.29) is 5.82 Å². The number of fused-ring (bicyclic) bond motifs is 3. The molecule has 0 saturated heterocycles. The lowest BCUT2D eigenvalue weighted by molar-refractivity contribution is 0.629. The van der Waals surface area contributed by atoms with Crippen molar-refractivity contribution in [3.8, 4) is 11.4 Å². The number of aromatic nitrogens is 6. The highest BCUT2D eigenvalue weighted by Gasteiger charge is 2.15. The second-order valence-corrected chi connectivity index (χ2v) is 4.45. The molecule has 4 aromatic rings. The van der Waals surface area contributed by atoms with E-state index in [9.17, 15) is 4.39 Å². The molecule has 98 valence electrons. The van der Waals surface area contributed by atoms with Crippen LogP contribution in [0.25, 0.3) is 28.1 Å². The summed E-state index contributed by atoms with van der Waals surface area (Å²) in [7, 11) is 1.81. The molecule has 3 heterocycles. The van der Waals surface area contributed by atoms with Crippen molar-refractivity contribution < 1.29 is 4.39 Å². The molecule has 0 spiro atoms. The van der Waals surface area contributed by atoms with Gasteiger partial charge in [-0.1, -0.05) is 12.1 Å². The van der Waals surface area contributed by atoms with E-state index >= 15 is 0 Å². The summed E-state index contributed by atoms with van der Waals surface area (Å²) in [4.78, 5) is 4.32. The van der Waals surface area contributed by atoms with Crippen LogP contribution in [0.2, 0.25) is 0 Å². The third-order valence-electron chi connectivity index (χ3n) is 3.25. The van der Waals surface area contributed by atoms with E-state index in [0.29, 0.717) is 22.7 Å². The Bertz CT molecular complexity index is 938. The number of nitrogens with zero attached hydrogens (tertiary/aromatic N) is 6. The van der Waals surface area contributed by atoms with Gasteiger partial charge in [0.2, 0.25) is 0 Å². The lowest BCUT2D eigenvalue weighted by Crippen LogP contribution is -1.96. The molecule has 0 aliphatic carbocycles. The summed E-state index contributed by atoms with van der Waals surface area (Å²) in [6.45, 7) is 0. The average Bonchev–Trinajstić information content (AvgIpc) is 3.03. The number of aryl methyl sites for hydroxylation is 1. The molecular weight excluding hydrogens is 259 g/mol. The number of benzene rings is 1. The fourth-order valence-corrected chi connectivity index (χ4v) is 2.26. The average molecular weight is 268 g/mol. The molecular formula is C13H9FN6. The normalized spacial score (nSPS) is 11.5. The third kappa shape index (κ3) is 1.37. The third-order valence-corrected chi connectivity index (χ3v) is 3.25. The molecule has 0 amide bonds. The lowest BCUT2D eigenvalue weighted by Gasteiger charge is -2.01. The second-order valence-electron chi connectivity index (χ2n) is 4.45. The molecule has 7 heteroatoms. The van der Waals surface area contributed by atoms with Gasteiger partial charge < -0.3 is 0 Å². The first-order valence-electron chi connectivity index (χ1n) is 6.02. The molecule has 4 rings (SSSR count). The Morgan fingerprint density at radius 1 is 1.10 bits per heavy atom. The summed E-state index contributed by atoms with van der Waals surface area (Å²) in [6.07, 6.45) is 3.26. The van der Waals surface area contributed by atoms with Crippen LogP contribution >= 0.6 is 0 Å². The van der Waals surface area contributed by atoms with Crippen molar-refractivity contribution in [2.45, 2.75) is 0 Å². The summed E-state index contributed by atoms with van der Waals surface area (Å²) in [5.74, 6) is 0.0874. The van der Waals surface area contributed by atoms with Crippen LogP contribution in [0.15, 0.2) is 36.8 Å². The molecule has 6 nitrogen and oxygen atoms in total. The van der Waals surface area contributed by atoms with Gasteiger partial charge in [-0.15, -0.1) is 10.2 Å². The van der Waals surface area contributed by atoms with Crippen LogP contribution in [-0.4, -0.2) is 29.4 Å². The topological polar surface area (TPSA) is 60.9 Å². The number of halogens is 1. The predicted octanol–water partition coefficient (Wildman–Crippen LogP) is 1.82. The number of hydrogen-bond donors (Lipinski definition) is 0. The summed E-state index contributed by atoms with van der Waals surface area (Å²) < 4.78 is 17.2. The molecule has 0 unspecified atom stereocenters. The van der Waals surface area contributed by atoms with E-state index in [4.69, 9.17) is 0 Å². The van der Waals surface area contributed by atoms with Crippen molar-refractivity contribution in [1.82, 2.24) is 29.4 Å². The zero-order chi connectivity index (χ0) is 13.7. The van der Waals surface area contributed by atoms with Crippen LogP contribution in [0.1, 0.15) is 0 Å². The molecule has 0 atom stereocenters.